The monoisotopic (exact) mass is 304 g/mol. The summed E-state index contributed by atoms with van der Waals surface area (Å²) in [5, 5.41) is 9.34. The Morgan fingerprint density at radius 3 is 2.65 bits per heavy atom. The van der Waals surface area contributed by atoms with Crippen LogP contribution in [0, 0.1) is 11.5 Å². The fourth-order valence-electron chi connectivity index (χ4n) is 1.64. The van der Waals surface area contributed by atoms with Gasteiger partial charge in [0.25, 0.3) is 0 Å². The second kappa shape index (κ2) is 7.04. The Morgan fingerprint density at radius 2 is 2.05 bits per heavy atom. The van der Waals surface area contributed by atoms with Crippen molar-refractivity contribution in [3.05, 3.63) is 59.4 Å². The van der Waals surface area contributed by atoms with Crippen LogP contribution in [0.25, 0.3) is 0 Å². The van der Waals surface area contributed by atoms with E-state index in [-0.39, 0.29) is 0 Å². The molecule has 1 unspecified atom stereocenters. The lowest BCUT2D eigenvalue weighted by molar-refractivity contribution is 1.23. The molecule has 0 N–H and O–H groups in total. The number of hydrogen-bond donors (Lipinski definition) is 0. The Morgan fingerprint density at radius 1 is 1.30 bits per heavy atom. The average molecular weight is 305 g/mol. The molecule has 1 atom stereocenters. The van der Waals surface area contributed by atoms with Crippen LogP contribution in [0.15, 0.2) is 53.0 Å². The second-order valence-electron chi connectivity index (χ2n) is 4.00. The van der Waals surface area contributed by atoms with Crippen LogP contribution in [-0.4, -0.2) is 12.0 Å². The first kappa shape index (κ1) is 14.5. The molecule has 2 aromatic rings. The molecule has 0 spiro atoms. The van der Waals surface area contributed by atoms with Crippen LogP contribution in [-0.2, 0) is 16.6 Å². The molecule has 6 heteroatoms. The van der Waals surface area contributed by atoms with Crippen molar-refractivity contribution < 1.29 is 0 Å². The molecule has 102 valence electrons. The van der Waals surface area contributed by atoms with E-state index in [1.807, 2.05) is 53.9 Å². The zero-order chi connectivity index (χ0) is 14.4. The number of benzene rings is 1. The van der Waals surface area contributed by atoms with Crippen molar-refractivity contribution in [2.24, 2.45) is 4.36 Å². The van der Waals surface area contributed by atoms with Gasteiger partial charge in [0.2, 0.25) is 6.19 Å². The third-order valence-electron chi connectivity index (χ3n) is 2.67. The van der Waals surface area contributed by atoms with Crippen LogP contribution in [0.4, 0.5) is 5.69 Å². The minimum absolute atomic E-state index is 0.460. The number of halogens is 1. The second-order valence-corrected chi connectivity index (χ2v) is 6.08. The van der Waals surface area contributed by atoms with E-state index in [9.17, 15) is 0 Å². The topological polar surface area (TPSA) is 52.3 Å². The van der Waals surface area contributed by atoms with Crippen molar-refractivity contribution >= 4 is 28.2 Å². The van der Waals surface area contributed by atoms with Gasteiger partial charge in [0.05, 0.1) is 5.75 Å². The Labute approximate surface area is 125 Å². The van der Waals surface area contributed by atoms with E-state index in [4.69, 9.17) is 16.9 Å². The van der Waals surface area contributed by atoms with Crippen LogP contribution in [0.5, 0.6) is 0 Å². The largest absolute Gasteiger partial charge is 0.310 e. The summed E-state index contributed by atoms with van der Waals surface area (Å²) in [6.07, 6.45) is 3.62. The van der Waals surface area contributed by atoms with E-state index in [1.165, 1.54) is 0 Å². The van der Waals surface area contributed by atoms with Crippen molar-refractivity contribution in [1.82, 2.24) is 4.98 Å². The molecule has 0 fully saturated rings. The smallest absolute Gasteiger partial charge is 0.213 e. The molecule has 0 amide bonds. The summed E-state index contributed by atoms with van der Waals surface area (Å²) in [5.74, 6) is 0.628. The molecule has 2 rings (SSSR count). The van der Waals surface area contributed by atoms with Gasteiger partial charge >= 0.3 is 0 Å². The van der Waals surface area contributed by atoms with Crippen molar-refractivity contribution in [2.75, 3.05) is 11.4 Å². The molecule has 20 heavy (non-hydrogen) atoms. The fourth-order valence-corrected chi connectivity index (χ4v) is 3.06. The highest BCUT2D eigenvalue weighted by molar-refractivity contribution is 7.88. The maximum absolute atomic E-state index is 8.88. The van der Waals surface area contributed by atoms with Gasteiger partial charge in [-0.15, -0.1) is 4.36 Å². The molecular weight excluding hydrogens is 292 g/mol. The maximum Gasteiger partial charge on any atom is 0.213 e. The Balaban J connectivity index is 2.22. The standard InChI is InChI=1S/C14H13ClN4S/c1-19(13-5-3-2-4-6-13)20(18-11-16)10-12-7-8-14(15)17-9-12/h2-9H,10H2,1H3. The number of anilines is 1. The first-order chi connectivity index (χ1) is 9.70. The molecule has 1 aromatic carbocycles. The highest BCUT2D eigenvalue weighted by Gasteiger charge is 2.08. The van der Waals surface area contributed by atoms with Gasteiger partial charge in [0.1, 0.15) is 5.15 Å². The van der Waals surface area contributed by atoms with Crippen LogP contribution in [0.1, 0.15) is 5.56 Å². The summed E-state index contributed by atoms with van der Waals surface area (Å²) >= 11 is 5.77. The minimum Gasteiger partial charge on any atom is -0.310 e. The van der Waals surface area contributed by atoms with Crippen molar-refractivity contribution in [1.29, 1.82) is 5.26 Å². The fraction of sp³-hybridized carbons (Fsp3) is 0.143. The number of para-hydroxylation sites is 1. The minimum atomic E-state index is -0.564. The molecule has 0 aliphatic heterocycles. The quantitative estimate of drug-likeness (QED) is 0.641. The lowest BCUT2D eigenvalue weighted by Crippen LogP contribution is -2.21. The summed E-state index contributed by atoms with van der Waals surface area (Å²) in [7, 11) is 1.37. The molecule has 0 saturated carbocycles. The van der Waals surface area contributed by atoms with Gasteiger partial charge < -0.3 is 4.31 Å². The molecule has 0 radical (unpaired) electrons. The van der Waals surface area contributed by atoms with E-state index < -0.39 is 10.9 Å². The van der Waals surface area contributed by atoms with Crippen LogP contribution in [0.3, 0.4) is 0 Å². The predicted octanol–water partition coefficient (Wildman–Crippen LogP) is 3.57. The van der Waals surface area contributed by atoms with Crippen LogP contribution >= 0.6 is 11.6 Å². The van der Waals surface area contributed by atoms with Gasteiger partial charge in [-0.3, -0.25) is 0 Å². The van der Waals surface area contributed by atoms with Gasteiger partial charge in [-0.25, -0.2) is 4.98 Å². The summed E-state index contributed by atoms with van der Waals surface area (Å²) in [5.41, 5.74) is 2.02. The zero-order valence-electron chi connectivity index (χ0n) is 10.9. The molecule has 4 nitrogen and oxygen atoms in total. The van der Waals surface area contributed by atoms with E-state index >= 15 is 0 Å². The van der Waals surface area contributed by atoms with Gasteiger partial charge in [0.15, 0.2) is 0 Å². The van der Waals surface area contributed by atoms with Crippen molar-refractivity contribution in [2.45, 2.75) is 5.75 Å². The Kier molecular flexibility index (Phi) is 5.10. The van der Waals surface area contributed by atoms with Gasteiger partial charge in [-0.05, 0) is 23.8 Å². The number of pyridine rings is 1. The van der Waals surface area contributed by atoms with Crippen molar-refractivity contribution in [3.63, 3.8) is 0 Å². The average Bonchev–Trinajstić information content (AvgIpc) is 2.49. The first-order valence-corrected chi connectivity index (χ1v) is 7.59. The summed E-state index contributed by atoms with van der Waals surface area (Å²) in [6.45, 7) is 0. The van der Waals surface area contributed by atoms with E-state index in [2.05, 4.69) is 9.35 Å². The molecule has 0 aliphatic rings. The van der Waals surface area contributed by atoms with E-state index in [0.29, 0.717) is 10.9 Å². The van der Waals surface area contributed by atoms with Crippen LogP contribution in [0.2, 0.25) is 5.15 Å². The lowest BCUT2D eigenvalue weighted by atomic mass is 10.3. The lowest BCUT2D eigenvalue weighted by Gasteiger charge is -2.21. The Bertz CT molecular complexity index is 634. The SMILES string of the molecule is CN(c1ccccc1)S(Cc1ccc(Cl)nc1)=NC#N. The third kappa shape index (κ3) is 3.80. The number of rotatable bonds is 4. The summed E-state index contributed by atoms with van der Waals surface area (Å²) < 4.78 is 6.01. The van der Waals surface area contributed by atoms with Crippen molar-refractivity contribution in [3.8, 4) is 6.19 Å². The predicted molar refractivity (Wildman–Crippen MR) is 83.2 cm³/mol. The summed E-state index contributed by atoms with van der Waals surface area (Å²) in [4.78, 5) is 4.05. The molecule has 1 aromatic heterocycles. The Hall–Kier alpha value is -1.90. The highest BCUT2D eigenvalue weighted by Crippen LogP contribution is 2.17. The normalized spacial score (nSPS) is 11.8. The maximum atomic E-state index is 8.88. The zero-order valence-corrected chi connectivity index (χ0v) is 12.5. The first-order valence-electron chi connectivity index (χ1n) is 5.91. The number of nitrogens with zero attached hydrogens (tertiary/aromatic N) is 4. The molecule has 0 aliphatic carbocycles. The van der Waals surface area contributed by atoms with E-state index in [0.717, 1.165) is 11.3 Å². The number of nitriles is 1. The van der Waals surface area contributed by atoms with Gasteiger partial charge in [0, 0.05) is 29.8 Å². The third-order valence-corrected chi connectivity index (χ3v) is 4.62. The van der Waals surface area contributed by atoms with Crippen LogP contribution < -0.4 is 4.31 Å². The molecule has 0 bridgehead atoms. The molecule has 1 heterocycles. The molecular formula is C14H13ClN4S. The van der Waals surface area contributed by atoms with Gasteiger partial charge in [-0.1, -0.05) is 35.9 Å². The number of hydrogen-bond acceptors (Lipinski definition) is 3. The van der Waals surface area contributed by atoms with E-state index in [1.54, 1.807) is 12.3 Å². The number of aromatic nitrogens is 1. The summed E-state index contributed by atoms with van der Waals surface area (Å²) in [6, 6.07) is 13.5. The highest BCUT2D eigenvalue weighted by atomic mass is 35.5. The molecule has 0 saturated heterocycles. The van der Waals surface area contributed by atoms with Gasteiger partial charge in [-0.2, -0.15) is 5.26 Å².